The number of alkyl halides is 2. The maximum Gasteiger partial charge on any atom is 0.341 e. The molecule has 0 aromatic heterocycles. The van der Waals surface area contributed by atoms with Crippen molar-refractivity contribution < 1.29 is 26.7 Å². The topological polar surface area (TPSA) is 72.5 Å². The van der Waals surface area contributed by atoms with Gasteiger partial charge in [0.25, 0.3) is 5.91 Å². The van der Waals surface area contributed by atoms with E-state index in [4.69, 9.17) is 4.74 Å². The zero-order valence-electron chi connectivity index (χ0n) is 14.3. The molecule has 0 bridgehead atoms. The van der Waals surface area contributed by atoms with Crippen molar-refractivity contribution >= 4 is 15.7 Å². The number of amides is 1. The fraction of sp³-hybridized carbons (Fsp3) is 0.278. The number of carbonyl (C=O) groups is 1. The first kappa shape index (κ1) is 19.8. The summed E-state index contributed by atoms with van der Waals surface area (Å²) in [5.74, 6) is -3.26. The molecule has 2 rings (SSSR count). The van der Waals surface area contributed by atoms with Gasteiger partial charge in [-0.15, -0.1) is 0 Å². The molecular formula is C18H19F2NO4S. The molecule has 2 aromatic rings. The van der Waals surface area contributed by atoms with Gasteiger partial charge < -0.3 is 10.1 Å². The zero-order chi connectivity index (χ0) is 19.3. The van der Waals surface area contributed by atoms with E-state index in [1.165, 1.54) is 12.1 Å². The Hall–Kier alpha value is -2.48. The molecule has 2 aromatic carbocycles. The summed E-state index contributed by atoms with van der Waals surface area (Å²) in [6.45, 7) is 4.19. The van der Waals surface area contributed by atoms with Gasteiger partial charge in [0.2, 0.25) is 9.84 Å². The Labute approximate surface area is 150 Å². The van der Waals surface area contributed by atoms with Gasteiger partial charge in [-0.25, -0.2) is 8.42 Å². The lowest BCUT2D eigenvalue weighted by Crippen LogP contribution is -2.26. The van der Waals surface area contributed by atoms with Gasteiger partial charge in [-0.1, -0.05) is 12.1 Å². The van der Waals surface area contributed by atoms with E-state index in [9.17, 15) is 22.0 Å². The molecule has 1 unspecified atom stereocenters. The van der Waals surface area contributed by atoms with Crippen molar-refractivity contribution in [1.82, 2.24) is 5.32 Å². The number of ether oxygens (including phenoxy) is 1. The van der Waals surface area contributed by atoms with Crippen LogP contribution in [0.2, 0.25) is 0 Å². The van der Waals surface area contributed by atoms with E-state index in [1.807, 2.05) is 31.2 Å². The van der Waals surface area contributed by atoms with E-state index in [0.717, 1.165) is 17.7 Å². The smallest absolute Gasteiger partial charge is 0.341 e. The second kappa shape index (κ2) is 8.27. The molecule has 5 nitrogen and oxygen atoms in total. The molecule has 0 saturated carbocycles. The van der Waals surface area contributed by atoms with Gasteiger partial charge in [-0.2, -0.15) is 8.78 Å². The van der Waals surface area contributed by atoms with Gasteiger partial charge in [0.1, 0.15) is 5.75 Å². The van der Waals surface area contributed by atoms with Crippen LogP contribution in [-0.4, -0.2) is 26.7 Å². The SMILES string of the molecule is CCOc1cccc(C(C)NC(=O)c2ccc(S(=O)(=O)C(F)F)cc2)c1. The normalized spacial score (nSPS) is 12.7. The van der Waals surface area contributed by atoms with Crippen LogP contribution in [0.15, 0.2) is 53.4 Å². The minimum absolute atomic E-state index is 0.172. The summed E-state index contributed by atoms with van der Waals surface area (Å²) in [5, 5.41) is 2.77. The van der Waals surface area contributed by atoms with Gasteiger partial charge in [0, 0.05) is 5.56 Å². The summed E-state index contributed by atoms with van der Waals surface area (Å²) in [6, 6.07) is 11.3. The third-order valence-electron chi connectivity index (χ3n) is 3.70. The molecule has 1 atom stereocenters. The summed E-state index contributed by atoms with van der Waals surface area (Å²) in [6.07, 6.45) is 0. The maximum absolute atomic E-state index is 12.5. The maximum atomic E-state index is 12.5. The molecule has 0 saturated heterocycles. The second-order valence-corrected chi connectivity index (χ2v) is 7.45. The number of hydrogen-bond acceptors (Lipinski definition) is 4. The molecule has 0 spiro atoms. The minimum atomic E-state index is -4.67. The van der Waals surface area contributed by atoms with Gasteiger partial charge in [0.15, 0.2) is 0 Å². The molecular weight excluding hydrogens is 364 g/mol. The van der Waals surface area contributed by atoms with E-state index in [1.54, 1.807) is 6.92 Å². The van der Waals surface area contributed by atoms with E-state index in [-0.39, 0.29) is 11.6 Å². The number of hydrogen-bond donors (Lipinski definition) is 1. The fourth-order valence-electron chi connectivity index (χ4n) is 2.30. The van der Waals surface area contributed by atoms with Crippen LogP contribution >= 0.6 is 0 Å². The number of sulfone groups is 1. The quantitative estimate of drug-likeness (QED) is 0.793. The molecule has 0 fully saturated rings. The van der Waals surface area contributed by atoms with Gasteiger partial charge >= 0.3 is 5.76 Å². The van der Waals surface area contributed by atoms with Gasteiger partial charge in [0.05, 0.1) is 17.5 Å². The molecule has 1 N–H and O–H groups in total. The molecule has 140 valence electrons. The third-order valence-corrected chi connectivity index (χ3v) is 5.09. The molecule has 1 amide bonds. The van der Waals surface area contributed by atoms with Crippen LogP contribution in [0.3, 0.4) is 0 Å². The highest BCUT2D eigenvalue weighted by molar-refractivity contribution is 7.91. The number of benzene rings is 2. The number of halogens is 2. The Morgan fingerprint density at radius 3 is 2.38 bits per heavy atom. The van der Waals surface area contributed by atoms with Crippen LogP contribution in [0.25, 0.3) is 0 Å². The summed E-state index contributed by atoms with van der Waals surface area (Å²) >= 11 is 0. The standard InChI is InChI=1S/C18H19F2NO4S/c1-3-25-15-6-4-5-14(11-15)12(2)21-17(22)13-7-9-16(10-8-13)26(23,24)18(19)20/h4-12,18H,3H2,1-2H3,(H,21,22). The predicted molar refractivity (Wildman–Crippen MR) is 93.1 cm³/mol. The fourth-order valence-corrected chi connectivity index (χ4v) is 3.02. The van der Waals surface area contributed by atoms with Crippen molar-refractivity contribution in [2.75, 3.05) is 6.61 Å². The first-order valence-corrected chi connectivity index (χ1v) is 9.46. The van der Waals surface area contributed by atoms with Crippen molar-refractivity contribution in [3.8, 4) is 5.75 Å². The average molecular weight is 383 g/mol. The first-order chi connectivity index (χ1) is 12.3. The molecule has 8 heteroatoms. The zero-order valence-corrected chi connectivity index (χ0v) is 15.1. The Kier molecular flexibility index (Phi) is 6.31. The summed E-state index contributed by atoms with van der Waals surface area (Å²) in [4.78, 5) is 11.8. The van der Waals surface area contributed by atoms with Crippen molar-refractivity contribution in [3.63, 3.8) is 0 Å². The monoisotopic (exact) mass is 383 g/mol. The first-order valence-electron chi connectivity index (χ1n) is 7.91. The third kappa shape index (κ3) is 4.57. The van der Waals surface area contributed by atoms with E-state index < -0.39 is 26.4 Å². The lowest BCUT2D eigenvalue weighted by molar-refractivity contribution is 0.0939. The van der Waals surface area contributed by atoms with Crippen LogP contribution in [-0.2, 0) is 9.84 Å². The van der Waals surface area contributed by atoms with E-state index in [0.29, 0.717) is 12.4 Å². The largest absolute Gasteiger partial charge is 0.494 e. The second-order valence-electron chi connectivity index (χ2n) is 5.53. The van der Waals surface area contributed by atoms with Crippen molar-refractivity contribution in [3.05, 3.63) is 59.7 Å². The summed E-state index contributed by atoms with van der Waals surface area (Å²) in [5.41, 5.74) is 1.01. The van der Waals surface area contributed by atoms with E-state index >= 15 is 0 Å². The van der Waals surface area contributed by atoms with Crippen LogP contribution in [0.5, 0.6) is 5.75 Å². The predicted octanol–water partition coefficient (Wildman–Crippen LogP) is 3.57. The molecule has 0 aliphatic carbocycles. The Morgan fingerprint density at radius 1 is 1.15 bits per heavy atom. The molecule has 0 radical (unpaired) electrons. The highest BCUT2D eigenvalue weighted by Gasteiger charge is 2.26. The van der Waals surface area contributed by atoms with Crippen molar-refractivity contribution in [2.24, 2.45) is 0 Å². The molecule has 0 heterocycles. The number of nitrogens with one attached hydrogen (secondary N) is 1. The molecule has 0 aliphatic rings. The number of rotatable bonds is 7. The van der Waals surface area contributed by atoms with Crippen LogP contribution in [0.1, 0.15) is 35.8 Å². The average Bonchev–Trinajstić information content (AvgIpc) is 2.62. The van der Waals surface area contributed by atoms with Crippen LogP contribution in [0, 0.1) is 0 Å². The highest BCUT2D eigenvalue weighted by atomic mass is 32.2. The minimum Gasteiger partial charge on any atom is -0.494 e. The molecule has 26 heavy (non-hydrogen) atoms. The van der Waals surface area contributed by atoms with Gasteiger partial charge in [-0.05, 0) is 55.8 Å². The lowest BCUT2D eigenvalue weighted by Gasteiger charge is -2.15. The van der Waals surface area contributed by atoms with Crippen molar-refractivity contribution in [2.45, 2.75) is 30.5 Å². The van der Waals surface area contributed by atoms with E-state index in [2.05, 4.69) is 5.32 Å². The Morgan fingerprint density at radius 2 is 1.81 bits per heavy atom. The van der Waals surface area contributed by atoms with Gasteiger partial charge in [-0.3, -0.25) is 4.79 Å². The number of carbonyl (C=O) groups excluding carboxylic acids is 1. The van der Waals surface area contributed by atoms with Crippen LogP contribution in [0.4, 0.5) is 8.78 Å². The summed E-state index contributed by atoms with van der Waals surface area (Å²) < 4.78 is 53.3. The summed E-state index contributed by atoms with van der Waals surface area (Å²) in [7, 11) is -4.67. The highest BCUT2D eigenvalue weighted by Crippen LogP contribution is 2.21. The van der Waals surface area contributed by atoms with Crippen LogP contribution < -0.4 is 10.1 Å². The molecule has 0 aliphatic heterocycles. The Bertz CT molecular complexity index is 867. The van der Waals surface area contributed by atoms with Crippen molar-refractivity contribution in [1.29, 1.82) is 0 Å². The lowest BCUT2D eigenvalue weighted by atomic mass is 10.1. The Balaban J connectivity index is 2.11.